The third-order valence-corrected chi connectivity index (χ3v) is 6.40. The van der Waals surface area contributed by atoms with Crippen LogP contribution in [0.1, 0.15) is 36.7 Å². The summed E-state index contributed by atoms with van der Waals surface area (Å²) in [5, 5.41) is 4.78. The Morgan fingerprint density at radius 3 is 2.33 bits per heavy atom. The van der Waals surface area contributed by atoms with Gasteiger partial charge in [0.25, 0.3) is 5.91 Å². The van der Waals surface area contributed by atoms with Crippen molar-refractivity contribution >= 4 is 38.5 Å². The highest BCUT2D eigenvalue weighted by molar-refractivity contribution is 6.08. The van der Waals surface area contributed by atoms with Gasteiger partial charge in [-0.05, 0) is 59.5 Å². The molecule has 0 N–H and O–H groups in total. The van der Waals surface area contributed by atoms with E-state index >= 15 is 0 Å². The Bertz CT molecular complexity index is 1460. The number of para-hydroxylation sites is 1. The highest BCUT2D eigenvalue weighted by Gasteiger charge is 2.19. The summed E-state index contributed by atoms with van der Waals surface area (Å²) in [4.78, 5) is 15.6. The monoisotopic (exact) mass is 434 g/mol. The van der Waals surface area contributed by atoms with Gasteiger partial charge >= 0.3 is 0 Å². The van der Waals surface area contributed by atoms with Gasteiger partial charge < -0.3 is 9.47 Å². The number of fused-ring (bicyclic) bond motifs is 4. The Balaban J connectivity index is 1.52. The van der Waals surface area contributed by atoms with Gasteiger partial charge in [0.2, 0.25) is 0 Å². The SMILES string of the molecule is CCn1c2ccccc2c2cc(CN(CC(C)C)C(=O)c3ccc4ccccc4c3)ccc21. The minimum absolute atomic E-state index is 0.0885. The van der Waals surface area contributed by atoms with Crippen LogP contribution in [0.15, 0.2) is 84.9 Å². The standard InChI is InChI=1S/C30H30N2O/c1-4-32-28-12-8-7-11-26(28)27-17-22(13-16-29(27)32)20-31(19-21(2)3)30(33)25-15-14-23-9-5-6-10-24(23)18-25/h5-18,21H,4,19-20H2,1-3H3. The quantitative estimate of drug-likeness (QED) is 0.276. The molecule has 1 amide bonds. The molecule has 3 nitrogen and oxygen atoms in total. The summed E-state index contributed by atoms with van der Waals surface area (Å²) in [5.74, 6) is 0.477. The van der Waals surface area contributed by atoms with Gasteiger partial charge in [-0.25, -0.2) is 0 Å². The van der Waals surface area contributed by atoms with Crippen LogP contribution in [0.2, 0.25) is 0 Å². The fraction of sp³-hybridized carbons (Fsp3) is 0.233. The van der Waals surface area contributed by atoms with Crippen LogP contribution in [-0.4, -0.2) is 21.9 Å². The van der Waals surface area contributed by atoms with Gasteiger partial charge in [0.1, 0.15) is 0 Å². The van der Waals surface area contributed by atoms with Crippen LogP contribution in [-0.2, 0) is 13.1 Å². The third kappa shape index (κ3) is 4.00. The largest absolute Gasteiger partial charge is 0.341 e. The lowest BCUT2D eigenvalue weighted by molar-refractivity contribution is 0.0723. The van der Waals surface area contributed by atoms with Gasteiger partial charge in [0.15, 0.2) is 0 Å². The summed E-state index contributed by atoms with van der Waals surface area (Å²) in [7, 11) is 0. The number of aromatic nitrogens is 1. The molecule has 0 unspecified atom stereocenters. The van der Waals surface area contributed by atoms with Crippen LogP contribution in [0.25, 0.3) is 32.6 Å². The predicted molar refractivity (Wildman–Crippen MR) is 139 cm³/mol. The van der Waals surface area contributed by atoms with E-state index in [0.717, 1.165) is 35.0 Å². The van der Waals surface area contributed by atoms with Gasteiger partial charge in [0, 0.05) is 47.0 Å². The van der Waals surface area contributed by atoms with Crippen LogP contribution in [0.5, 0.6) is 0 Å². The Morgan fingerprint density at radius 2 is 1.55 bits per heavy atom. The minimum Gasteiger partial charge on any atom is -0.341 e. The van der Waals surface area contributed by atoms with E-state index in [9.17, 15) is 4.79 Å². The van der Waals surface area contributed by atoms with Crippen molar-refractivity contribution < 1.29 is 4.79 Å². The number of rotatable bonds is 6. The van der Waals surface area contributed by atoms with Crippen LogP contribution in [0.4, 0.5) is 0 Å². The molecule has 3 heteroatoms. The van der Waals surface area contributed by atoms with E-state index in [1.165, 1.54) is 21.8 Å². The second-order valence-corrected chi connectivity index (χ2v) is 9.25. The molecule has 1 aromatic heterocycles. The fourth-order valence-corrected chi connectivity index (χ4v) is 4.93. The molecule has 0 radical (unpaired) electrons. The highest BCUT2D eigenvalue weighted by Crippen LogP contribution is 2.30. The summed E-state index contributed by atoms with van der Waals surface area (Å²) < 4.78 is 2.36. The smallest absolute Gasteiger partial charge is 0.254 e. The molecule has 0 saturated carbocycles. The third-order valence-electron chi connectivity index (χ3n) is 6.40. The van der Waals surface area contributed by atoms with Crippen LogP contribution < -0.4 is 0 Å². The van der Waals surface area contributed by atoms with E-state index in [2.05, 4.69) is 79.9 Å². The molecule has 5 aromatic rings. The Hall–Kier alpha value is -3.59. The molecule has 166 valence electrons. The predicted octanol–water partition coefficient (Wildman–Crippen LogP) is 7.27. The van der Waals surface area contributed by atoms with Crippen molar-refractivity contribution in [3.05, 3.63) is 96.1 Å². The van der Waals surface area contributed by atoms with Crippen LogP contribution in [0.3, 0.4) is 0 Å². The van der Waals surface area contributed by atoms with Crippen molar-refractivity contribution in [3.8, 4) is 0 Å². The maximum Gasteiger partial charge on any atom is 0.254 e. The lowest BCUT2D eigenvalue weighted by Crippen LogP contribution is -2.33. The first-order valence-electron chi connectivity index (χ1n) is 11.8. The molecule has 0 spiro atoms. The molecule has 0 aliphatic heterocycles. The molecular formula is C30H30N2O. The van der Waals surface area contributed by atoms with Crippen molar-refractivity contribution in [2.75, 3.05) is 6.54 Å². The first-order chi connectivity index (χ1) is 16.0. The van der Waals surface area contributed by atoms with Crippen LogP contribution >= 0.6 is 0 Å². The zero-order valence-corrected chi connectivity index (χ0v) is 19.6. The zero-order valence-electron chi connectivity index (χ0n) is 19.6. The lowest BCUT2D eigenvalue weighted by Gasteiger charge is -2.25. The van der Waals surface area contributed by atoms with E-state index < -0.39 is 0 Å². The van der Waals surface area contributed by atoms with Gasteiger partial charge in [-0.1, -0.05) is 68.4 Å². The maximum atomic E-state index is 13.6. The Labute approximate surface area is 195 Å². The molecule has 5 rings (SSSR count). The molecule has 1 heterocycles. The van der Waals surface area contributed by atoms with E-state index in [-0.39, 0.29) is 5.91 Å². The number of hydrogen-bond donors (Lipinski definition) is 0. The second kappa shape index (κ2) is 8.74. The van der Waals surface area contributed by atoms with Crippen molar-refractivity contribution in [3.63, 3.8) is 0 Å². The number of carbonyl (C=O) groups excluding carboxylic acids is 1. The van der Waals surface area contributed by atoms with E-state index in [1.807, 2.05) is 35.2 Å². The average Bonchev–Trinajstić information content (AvgIpc) is 3.15. The van der Waals surface area contributed by atoms with E-state index in [1.54, 1.807) is 0 Å². The summed E-state index contributed by atoms with van der Waals surface area (Å²) in [6, 6.07) is 29.4. The molecule has 0 bridgehead atoms. The average molecular weight is 435 g/mol. The van der Waals surface area contributed by atoms with Crippen molar-refractivity contribution in [1.29, 1.82) is 0 Å². The van der Waals surface area contributed by atoms with Crippen molar-refractivity contribution in [2.45, 2.75) is 33.9 Å². The maximum absolute atomic E-state index is 13.6. The zero-order chi connectivity index (χ0) is 22.9. The Kier molecular flexibility index (Phi) is 5.63. The fourth-order valence-electron chi connectivity index (χ4n) is 4.93. The minimum atomic E-state index is 0.0885. The molecule has 0 saturated heterocycles. The highest BCUT2D eigenvalue weighted by atomic mass is 16.2. The van der Waals surface area contributed by atoms with Crippen molar-refractivity contribution in [1.82, 2.24) is 9.47 Å². The van der Waals surface area contributed by atoms with E-state index in [4.69, 9.17) is 0 Å². The number of aryl methyl sites for hydroxylation is 1. The van der Waals surface area contributed by atoms with Crippen molar-refractivity contribution in [2.24, 2.45) is 5.92 Å². The molecule has 33 heavy (non-hydrogen) atoms. The molecule has 0 atom stereocenters. The van der Waals surface area contributed by atoms with E-state index in [0.29, 0.717) is 12.5 Å². The number of nitrogens with zero attached hydrogens (tertiary/aromatic N) is 2. The lowest BCUT2D eigenvalue weighted by atomic mass is 10.0. The number of carbonyl (C=O) groups is 1. The summed E-state index contributed by atoms with van der Waals surface area (Å²) in [6.45, 7) is 8.78. The first kappa shape index (κ1) is 21.3. The molecule has 0 aliphatic rings. The van der Waals surface area contributed by atoms with Gasteiger partial charge in [0.05, 0.1) is 0 Å². The number of hydrogen-bond acceptors (Lipinski definition) is 1. The van der Waals surface area contributed by atoms with Gasteiger partial charge in [-0.2, -0.15) is 0 Å². The second-order valence-electron chi connectivity index (χ2n) is 9.25. The molecule has 0 fully saturated rings. The summed E-state index contributed by atoms with van der Waals surface area (Å²) >= 11 is 0. The Morgan fingerprint density at radius 1 is 0.818 bits per heavy atom. The van der Waals surface area contributed by atoms with Gasteiger partial charge in [-0.15, -0.1) is 0 Å². The first-order valence-corrected chi connectivity index (χ1v) is 11.8. The molecular weight excluding hydrogens is 404 g/mol. The summed E-state index contributed by atoms with van der Waals surface area (Å²) in [5.41, 5.74) is 4.42. The van der Waals surface area contributed by atoms with Crippen LogP contribution in [0, 0.1) is 5.92 Å². The topological polar surface area (TPSA) is 25.2 Å². The van der Waals surface area contributed by atoms with Gasteiger partial charge in [-0.3, -0.25) is 4.79 Å². The number of benzene rings is 4. The molecule has 4 aromatic carbocycles. The summed E-state index contributed by atoms with van der Waals surface area (Å²) in [6.07, 6.45) is 0. The molecule has 0 aliphatic carbocycles. The normalized spacial score (nSPS) is 11.6. The number of amides is 1.